The molecule has 0 amide bonds. The number of hydrogen-bond acceptors (Lipinski definition) is 6. The van der Waals surface area contributed by atoms with Crippen LogP contribution < -0.4 is 4.90 Å². The highest BCUT2D eigenvalue weighted by atomic mass is 35.5. The van der Waals surface area contributed by atoms with Crippen LogP contribution in [0.4, 0.5) is 5.69 Å². The second-order valence-corrected chi connectivity index (χ2v) is 7.13. The minimum absolute atomic E-state index is 0.0830. The highest BCUT2D eigenvalue weighted by Crippen LogP contribution is 2.46. The number of halogens is 1. The van der Waals surface area contributed by atoms with E-state index < -0.39 is 0 Å². The number of rotatable bonds is 2. The summed E-state index contributed by atoms with van der Waals surface area (Å²) >= 11 is 6.36. The van der Waals surface area contributed by atoms with Gasteiger partial charge in [0, 0.05) is 37.9 Å². The Hall–Kier alpha value is -1.66. The van der Waals surface area contributed by atoms with E-state index in [1.165, 1.54) is 0 Å². The Morgan fingerprint density at radius 1 is 1.39 bits per heavy atom. The lowest BCUT2D eigenvalue weighted by atomic mass is 9.72. The molecule has 0 N–H and O–H groups in total. The first-order chi connectivity index (χ1) is 11.1. The average molecular weight is 334 g/mol. The first-order valence-electron chi connectivity index (χ1n) is 7.92. The van der Waals surface area contributed by atoms with Crippen molar-refractivity contribution in [1.82, 2.24) is 20.0 Å². The van der Waals surface area contributed by atoms with Crippen molar-refractivity contribution in [3.05, 3.63) is 35.2 Å². The number of pyridine rings is 1. The summed E-state index contributed by atoms with van der Waals surface area (Å²) in [7, 11) is 2.17. The first-order valence-corrected chi connectivity index (χ1v) is 8.30. The zero-order chi connectivity index (χ0) is 16.0. The molecule has 23 heavy (non-hydrogen) atoms. The van der Waals surface area contributed by atoms with Crippen LogP contribution >= 0.6 is 11.6 Å². The summed E-state index contributed by atoms with van der Waals surface area (Å²) in [5.41, 5.74) is 0.953. The highest BCUT2D eigenvalue weighted by molar-refractivity contribution is 6.33. The second kappa shape index (κ2) is 5.46. The summed E-state index contributed by atoms with van der Waals surface area (Å²) in [4.78, 5) is 13.4. The van der Waals surface area contributed by atoms with E-state index in [0.717, 1.165) is 44.2 Å². The van der Waals surface area contributed by atoms with Gasteiger partial charge in [-0.15, -0.1) is 0 Å². The van der Waals surface area contributed by atoms with Gasteiger partial charge in [0.2, 0.25) is 5.89 Å². The maximum Gasteiger partial charge on any atom is 0.235 e. The van der Waals surface area contributed by atoms with E-state index in [4.69, 9.17) is 16.1 Å². The molecule has 2 atom stereocenters. The van der Waals surface area contributed by atoms with Crippen LogP contribution in [0.25, 0.3) is 0 Å². The predicted octanol–water partition coefficient (Wildman–Crippen LogP) is 2.14. The summed E-state index contributed by atoms with van der Waals surface area (Å²) in [5.74, 6) is 1.93. The van der Waals surface area contributed by atoms with Crippen molar-refractivity contribution in [2.75, 3.05) is 38.1 Å². The van der Waals surface area contributed by atoms with E-state index in [2.05, 4.69) is 32.0 Å². The van der Waals surface area contributed by atoms with Crippen LogP contribution in [-0.2, 0) is 5.41 Å². The van der Waals surface area contributed by atoms with Crippen LogP contribution in [0.15, 0.2) is 23.0 Å². The minimum atomic E-state index is -0.0830. The molecule has 2 aromatic rings. The van der Waals surface area contributed by atoms with Crippen LogP contribution in [0.3, 0.4) is 0 Å². The maximum absolute atomic E-state index is 6.36. The van der Waals surface area contributed by atoms with Gasteiger partial charge in [0.1, 0.15) is 0 Å². The fourth-order valence-electron chi connectivity index (χ4n) is 4.00. The van der Waals surface area contributed by atoms with Crippen molar-refractivity contribution in [2.24, 2.45) is 5.92 Å². The lowest BCUT2D eigenvalue weighted by Crippen LogP contribution is -2.48. The van der Waals surface area contributed by atoms with Gasteiger partial charge < -0.3 is 14.3 Å². The Labute approximate surface area is 140 Å². The fourth-order valence-corrected chi connectivity index (χ4v) is 4.24. The van der Waals surface area contributed by atoms with Crippen molar-refractivity contribution in [3.63, 3.8) is 0 Å². The number of aryl methyl sites for hydroxylation is 1. The summed E-state index contributed by atoms with van der Waals surface area (Å²) in [6.07, 6.45) is 4.52. The molecule has 2 aliphatic rings. The number of aromatic nitrogens is 3. The van der Waals surface area contributed by atoms with Gasteiger partial charge in [0.15, 0.2) is 5.82 Å². The minimum Gasteiger partial charge on any atom is -0.369 e. The summed E-state index contributed by atoms with van der Waals surface area (Å²) in [6, 6.07) is 1.98. The lowest BCUT2D eigenvalue weighted by Gasteiger charge is -2.39. The van der Waals surface area contributed by atoms with Gasteiger partial charge in [-0.05, 0) is 33.0 Å². The summed E-state index contributed by atoms with van der Waals surface area (Å²) < 4.78 is 5.61. The van der Waals surface area contributed by atoms with Gasteiger partial charge in [-0.1, -0.05) is 16.8 Å². The maximum atomic E-state index is 6.36. The average Bonchev–Trinajstić information content (AvgIpc) is 3.12. The normalized spacial score (nSPS) is 28.1. The molecule has 0 spiro atoms. The van der Waals surface area contributed by atoms with E-state index >= 15 is 0 Å². The van der Waals surface area contributed by atoms with E-state index in [1.54, 1.807) is 12.4 Å². The Balaban J connectivity index is 1.73. The third kappa shape index (κ3) is 2.40. The number of fused-ring (bicyclic) bond motifs is 1. The van der Waals surface area contributed by atoms with Crippen LogP contribution in [0, 0.1) is 12.8 Å². The van der Waals surface area contributed by atoms with Crippen molar-refractivity contribution < 1.29 is 4.52 Å². The molecule has 2 aliphatic heterocycles. The second-order valence-electron chi connectivity index (χ2n) is 6.72. The number of hydrogen-bond donors (Lipinski definition) is 0. The Bertz CT molecular complexity index is 720. The van der Waals surface area contributed by atoms with Gasteiger partial charge in [0.25, 0.3) is 0 Å². The number of anilines is 1. The topological polar surface area (TPSA) is 58.3 Å². The first kappa shape index (κ1) is 14.9. The molecule has 122 valence electrons. The Morgan fingerprint density at radius 2 is 2.26 bits per heavy atom. The molecule has 0 bridgehead atoms. The molecular weight excluding hydrogens is 314 g/mol. The van der Waals surface area contributed by atoms with Crippen molar-refractivity contribution in [2.45, 2.75) is 18.8 Å². The monoisotopic (exact) mass is 333 g/mol. The van der Waals surface area contributed by atoms with Crippen molar-refractivity contribution in [3.8, 4) is 0 Å². The zero-order valence-corrected chi connectivity index (χ0v) is 14.1. The quantitative estimate of drug-likeness (QED) is 0.839. The van der Waals surface area contributed by atoms with Gasteiger partial charge >= 0.3 is 0 Å². The molecule has 2 aromatic heterocycles. The smallest absolute Gasteiger partial charge is 0.235 e. The molecule has 0 unspecified atom stereocenters. The molecule has 0 saturated carbocycles. The van der Waals surface area contributed by atoms with Crippen LogP contribution in [0.2, 0.25) is 5.02 Å². The van der Waals surface area contributed by atoms with Gasteiger partial charge in [-0.2, -0.15) is 4.98 Å². The summed E-state index contributed by atoms with van der Waals surface area (Å²) in [6.45, 7) is 5.74. The highest BCUT2D eigenvalue weighted by Gasteiger charge is 2.53. The largest absolute Gasteiger partial charge is 0.369 e. The standard InChI is InChI=1S/C16H20ClN5O/c1-11-19-15(23-20-11)16-4-6-21(2)8-12(16)9-22(10-16)14-3-5-18-7-13(14)17/h3,5,7,12H,4,6,8-10H2,1-2H3/t12-,16-/m1/s1. The third-order valence-corrected chi connectivity index (χ3v) is 5.50. The molecule has 2 fully saturated rings. The van der Waals surface area contributed by atoms with E-state index in [-0.39, 0.29) is 5.41 Å². The number of nitrogens with zero attached hydrogens (tertiary/aromatic N) is 5. The molecule has 2 saturated heterocycles. The fraction of sp³-hybridized carbons (Fsp3) is 0.562. The van der Waals surface area contributed by atoms with E-state index in [0.29, 0.717) is 16.8 Å². The molecule has 4 rings (SSSR count). The predicted molar refractivity (Wildman–Crippen MR) is 87.8 cm³/mol. The number of piperidine rings is 1. The van der Waals surface area contributed by atoms with Crippen LogP contribution in [-0.4, -0.2) is 53.3 Å². The van der Waals surface area contributed by atoms with E-state index in [9.17, 15) is 0 Å². The van der Waals surface area contributed by atoms with Gasteiger partial charge in [-0.25, -0.2) is 0 Å². The molecule has 0 aliphatic carbocycles. The third-order valence-electron chi connectivity index (χ3n) is 5.21. The Morgan fingerprint density at radius 3 is 3.00 bits per heavy atom. The summed E-state index contributed by atoms with van der Waals surface area (Å²) in [5, 5.41) is 4.72. The molecule has 6 nitrogen and oxygen atoms in total. The van der Waals surface area contributed by atoms with E-state index in [1.807, 2.05) is 13.0 Å². The van der Waals surface area contributed by atoms with Crippen molar-refractivity contribution in [1.29, 1.82) is 0 Å². The molecule has 0 radical (unpaired) electrons. The van der Waals surface area contributed by atoms with Crippen LogP contribution in [0.1, 0.15) is 18.1 Å². The molecule has 4 heterocycles. The molecule has 7 heteroatoms. The molecular formula is C16H20ClN5O. The van der Waals surface area contributed by atoms with Crippen LogP contribution in [0.5, 0.6) is 0 Å². The SMILES string of the molecule is Cc1noc([C@@]23CCN(C)C[C@@H]2CN(c2ccncc2Cl)C3)n1. The zero-order valence-electron chi connectivity index (χ0n) is 13.4. The van der Waals surface area contributed by atoms with Gasteiger partial charge in [-0.3, -0.25) is 4.98 Å². The van der Waals surface area contributed by atoms with Crippen molar-refractivity contribution >= 4 is 17.3 Å². The lowest BCUT2D eigenvalue weighted by molar-refractivity contribution is 0.118. The molecule has 0 aromatic carbocycles. The Kier molecular flexibility index (Phi) is 3.54. The van der Waals surface area contributed by atoms with Gasteiger partial charge in [0.05, 0.1) is 16.1 Å². The number of likely N-dealkylation sites (tertiary alicyclic amines) is 1.